The second kappa shape index (κ2) is 8.71. The summed E-state index contributed by atoms with van der Waals surface area (Å²) in [6.07, 6.45) is 0.622. The highest BCUT2D eigenvalue weighted by Gasteiger charge is 2.27. The van der Waals surface area contributed by atoms with Crippen LogP contribution in [0.2, 0.25) is 0 Å². The highest BCUT2D eigenvalue weighted by atomic mass is 16.4. The zero-order valence-corrected chi connectivity index (χ0v) is 10.8. The molecule has 0 spiro atoms. The third-order valence-corrected chi connectivity index (χ3v) is 2.79. The molecule has 0 aromatic carbocycles. The van der Waals surface area contributed by atoms with E-state index in [1.807, 2.05) is 6.92 Å². The molecule has 2 unspecified atom stereocenters. The first-order chi connectivity index (χ1) is 8.47. The normalized spacial score (nSPS) is 13.8. The Labute approximate surface area is 106 Å². The molecule has 0 fully saturated rings. The van der Waals surface area contributed by atoms with Crippen molar-refractivity contribution >= 4 is 12.0 Å². The number of rotatable bonds is 8. The molecule has 0 radical (unpaired) electrons. The average molecular weight is 262 g/mol. The molecule has 7 heteroatoms. The maximum atomic E-state index is 11.8. The molecule has 0 saturated heterocycles. The second-order valence-corrected chi connectivity index (χ2v) is 4.09. The first-order valence-corrected chi connectivity index (χ1v) is 5.97. The Morgan fingerprint density at radius 2 is 1.72 bits per heavy atom. The number of carbonyl (C=O) groups excluding carboxylic acids is 1. The largest absolute Gasteiger partial charge is 0.480 e. The minimum absolute atomic E-state index is 0.0548. The summed E-state index contributed by atoms with van der Waals surface area (Å²) in [5, 5.41) is 29.0. The molecule has 0 bridgehead atoms. The summed E-state index contributed by atoms with van der Waals surface area (Å²) >= 11 is 0. The molecule has 0 saturated carbocycles. The first-order valence-electron chi connectivity index (χ1n) is 5.97. The van der Waals surface area contributed by atoms with E-state index in [2.05, 4.69) is 5.32 Å². The number of aliphatic carboxylic acids is 1. The van der Waals surface area contributed by atoms with Crippen molar-refractivity contribution in [2.75, 3.05) is 26.3 Å². The van der Waals surface area contributed by atoms with Gasteiger partial charge in [0.2, 0.25) is 0 Å². The van der Waals surface area contributed by atoms with E-state index in [1.54, 1.807) is 6.92 Å². The maximum absolute atomic E-state index is 11.8. The van der Waals surface area contributed by atoms with E-state index in [1.165, 1.54) is 4.90 Å². The van der Waals surface area contributed by atoms with E-state index in [0.717, 1.165) is 0 Å². The summed E-state index contributed by atoms with van der Waals surface area (Å²) < 4.78 is 0. The summed E-state index contributed by atoms with van der Waals surface area (Å²) in [7, 11) is 0. The average Bonchev–Trinajstić information content (AvgIpc) is 2.34. The number of hydrogen-bond acceptors (Lipinski definition) is 4. The lowest BCUT2D eigenvalue weighted by molar-refractivity contribution is -0.140. The van der Waals surface area contributed by atoms with Gasteiger partial charge >= 0.3 is 12.0 Å². The monoisotopic (exact) mass is 262 g/mol. The molecule has 0 aliphatic carbocycles. The molecular formula is C11H22N2O5. The van der Waals surface area contributed by atoms with Gasteiger partial charge in [0.25, 0.3) is 0 Å². The highest BCUT2D eigenvalue weighted by Crippen LogP contribution is 2.08. The van der Waals surface area contributed by atoms with Crippen LogP contribution in [-0.4, -0.2) is 64.6 Å². The summed E-state index contributed by atoms with van der Waals surface area (Å²) in [5.74, 6) is -1.29. The number of carboxylic acid groups (broad SMARTS) is 1. The molecule has 0 aliphatic rings. The molecule has 0 heterocycles. The van der Waals surface area contributed by atoms with Crippen molar-refractivity contribution in [2.24, 2.45) is 5.92 Å². The zero-order valence-electron chi connectivity index (χ0n) is 10.8. The van der Waals surface area contributed by atoms with Gasteiger partial charge < -0.3 is 25.5 Å². The number of nitrogens with zero attached hydrogens (tertiary/aromatic N) is 1. The number of hydrogen-bond donors (Lipinski definition) is 4. The van der Waals surface area contributed by atoms with E-state index in [0.29, 0.717) is 6.42 Å². The summed E-state index contributed by atoms with van der Waals surface area (Å²) in [6.45, 7) is 3.20. The number of aliphatic hydroxyl groups is 2. The Morgan fingerprint density at radius 1 is 1.22 bits per heavy atom. The van der Waals surface area contributed by atoms with Gasteiger partial charge in [0.15, 0.2) is 0 Å². The van der Waals surface area contributed by atoms with Crippen LogP contribution in [0.5, 0.6) is 0 Å². The van der Waals surface area contributed by atoms with Gasteiger partial charge in [0, 0.05) is 13.1 Å². The number of amides is 2. The van der Waals surface area contributed by atoms with Gasteiger partial charge in [-0.15, -0.1) is 0 Å². The number of urea groups is 1. The smallest absolute Gasteiger partial charge is 0.326 e. The minimum atomic E-state index is -1.09. The molecule has 0 rings (SSSR count). The van der Waals surface area contributed by atoms with Crippen LogP contribution >= 0.6 is 0 Å². The zero-order chi connectivity index (χ0) is 14.1. The molecular weight excluding hydrogens is 240 g/mol. The van der Waals surface area contributed by atoms with Crippen molar-refractivity contribution in [3.8, 4) is 0 Å². The minimum Gasteiger partial charge on any atom is -0.480 e. The standard InChI is InChI=1S/C11H22N2O5/c1-3-8(2)9(10(16)17)12-11(18)13(4-6-14)5-7-15/h8-9,14-15H,3-7H2,1-2H3,(H,12,18)(H,16,17). The van der Waals surface area contributed by atoms with Gasteiger partial charge in [-0.3, -0.25) is 0 Å². The van der Waals surface area contributed by atoms with E-state index < -0.39 is 18.0 Å². The van der Waals surface area contributed by atoms with Crippen molar-refractivity contribution in [3.63, 3.8) is 0 Å². The van der Waals surface area contributed by atoms with Gasteiger partial charge in [-0.05, 0) is 5.92 Å². The Bertz CT molecular complexity index is 266. The molecule has 0 aromatic heterocycles. The number of nitrogens with one attached hydrogen (secondary N) is 1. The Hall–Kier alpha value is -1.34. The van der Waals surface area contributed by atoms with Gasteiger partial charge in [0.05, 0.1) is 13.2 Å². The van der Waals surface area contributed by atoms with Crippen LogP contribution in [0.25, 0.3) is 0 Å². The second-order valence-electron chi connectivity index (χ2n) is 4.09. The van der Waals surface area contributed by atoms with Crippen molar-refractivity contribution in [1.82, 2.24) is 10.2 Å². The molecule has 2 amide bonds. The highest BCUT2D eigenvalue weighted by molar-refractivity contribution is 5.82. The molecule has 0 aliphatic heterocycles. The summed E-state index contributed by atoms with van der Waals surface area (Å²) in [6, 6.07) is -1.56. The predicted molar refractivity (Wildman–Crippen MR) is 65.2 cm³/mol. The Kier molecular flexibility index (Phi) is 8.06. The quantitative estimate of drug-likeness (QED) is 0.470. The fraction of sp³-hybridized carbons (Fsp3) is 0.818. The van der Waals surface area contributed by atoms with Crippen LogP contribution in [-0.2, 0) is 4.79 Å². The Balaban J connectivity index is 4.59. The van der Waals surface area contributed by atoms with Gasteiger partial charge in [0.1, 0.15) is 6.04 Å². The fourth-order valence-electron chi connectivity index (χ4n) is 1.46. The lowest BCUT2D eigenvalue weighted by Crippen LogP contribution is -2.51. The van der Waals surface area contributed by atoms with E-state index >= 15 is 0 Å². The topological polar surface area (TPSA) is 110 Å². The van der Waals surface area contributed by atoms with Gasteiger partial charge in [-0.1, -0.05) is 20.3 Å². The molecule has 4 N–H and O–H groups in total. The van der Waals surface area contributed by atoms with Crippen molar-refractivity contribution in [2.45, 2.75) is 26.3 Å². The van der Waals surface area contributed by atoms with Crippen LogP contribution in [0.1, 0.15) is 20.3 Å². The molecule has 2 atom stereocenters. The summed E-state index contributed by atoms with van der Waals surface area (Å²) in [5.41, 5.74) is 0. The third kappa shape index (κ3) is 5.33. The third-order valence-electron chi connectivity index (χ3n) is 2.79. The summed E-state index contributed by atoms with van der Waals surface area (Å²) in [4.78, 5) is 24.0. The number of carboxylic acids is 1. The van der Waals surface area contributed by atoms with Crippen LogP contribution < -0.4 is 5.32 Å². The van der Waals surface area contributed by atoms with E-state index in [4.69, 9.17) is 15.3 Å². The van der Waals surface area contributed by atoms with E-state index in [-0.39, 0.29) is 32.2 Å². The molecule has 0 aromatic rings. The predicted octanol–water partition coefficient (Wildman–Crippen LogP) is -0.518. The van der Waals surface area contributed by atoms with Crippen molar-refractivity contribution in [3.05, 3.63) is 0 Å². The van der Waals surface area contributed by atoms with Crippen molar-refractivity contribution in [1.29, 1.82) is 0 Å². The molecule has 106 valence electrons. The fourth-order valence-corrected chi connectivity index (χ4v) is 1.46. The lowest BCUT2D eigenvalue weighted by Gasteiger charge is -2.26. The SMILES string of the molecule is CCC(C)C(NC(=O)N(CCO)CCO)C(=O)O. The maximum Gasteiger partial charge on any atom is 0.326 e. The van der Waals surface area contributed by atoms with Crippen molar-refractivity contribution < 1.29 is 24.9 Å². The van der Waals surface area contributed by atoms with Crippen LogP contribution in [0.3, 0.4) is 0 Å². The number of aliphatic hydroxyl groups excluding tert-OH is 2. The van der Waals surface area contributed by atoms with Crippen LogP contribution in [0, 0.1) is 5.92 Å². The molecule has 7 nitrogen and oxygen atoms in total. The van der Waals surface area contributed by atoms with Crippen LogP contribution in [0.4, 0.5) is 4.79 Å². The Morgan fingerprint density at radius 3 is 2.06 bits per heavy atom. The van der Waals surface area contributed by atoms with Gasteiger partial charge in [-0.25, -0.2) is 9.59 Å². The molecule has 18 heavy (non-hydrogen) atoms. The first kappa shape index (κ1) is 16.7. The number of carbonyl (C=O) groups is 2. The van der Waals surface area contributed by atoms with E-state index in [9.17, 15) is 9.59 Å². The van der Waals surface area contributed by atoms with Crippen LogP contribution in [0.15, 0.2) is 0 Å². The van der Waals surface area contributed by atoms with Gasteiger partial charge in [-0.2, -0.15) is 0 Å². The lowest BCUT2D eigenvalue weighted by atomic mass is 9.99.